The smallest absolute Gasteiger partial charge is 0.478 e. The van der Waals surface area contributed by atoms with Crippen molar-refractivity contribution >= 4 is 62.1 Å². The average Bonchev–Trinajstić information content (AvgIpc) is 3.67. The molecule has 0 saturated carbocycles. The number of amides is 1. The number of carbonyl (C=O) groups is 3. The van der Waals surface area contributed by atoms with Gasteiger partial charge in [-0.15, -0.1) is 11.4 Å². The molecule has 0 bridgehead atoms. The van der Waals surface area contributed by atoms with Gasteiger partial charge < -0.3 is 35.3 Å². The minimum Gasteiger partial charge on any atom is -0.478 e. The number of aromatic nitrogens is 4. The van der Waals surface area contributed by atoms with Crippen molar-refractivity contribution in [2.24, 2.45) is 20.5 Å². The molecule has 6 rings (SSSR count). The van der Waals surface area contributed by atoms with E-state index in [1.54, 1.807) is 54.6 Å². The number of nitrogens with one attached hydrogen (secondary N) is 1. The Morgan fingerprint density at radius 2 is 1.29 bits per heavy atom. The number of rotatable bonds is 12. The van der Waals surface area contributed by atoms with Gasteiger partial charge in [-0.1, -0.05) is 50.0 Å². The van der Waals surface area contributed by atoms with Crippen LogP contribution in [-0.2, 0) is 32.3 Å². The molecule has 1 amide bonds. The van der Waals surface area contributed by atoms with Crippen molar-refractivity contribution in [1.82, 2.24) is 19.6 Å². The number of azo groups is 2. The quantitative estimate of drug-likeness (QED) is 0.0240. The minimum absolute atomic E-state index is 0. The molecule has 0 fully saturated rings. The number of carboxylic acid groups (broad SMARTS) is 2. The van der Waals surface area contributed by atoms with E-state index in [1.165, 1.54) is 13.8 Å². The monoisotopic (exact) mass is 934 g/mol. The topological polar surface area (TPSA) is 320 Å². The van der Waals surface area contributed by atoms with Gasteiger partial charge in [0.1, 0.15) is 11.1 Å². The van der Waals surface area contributed by atoms with Crippen LogP contribution >= 0.6 is 0 Å². The standard InChI is InChI=1S/C20H15N6O6.C17H13N4O6S.Cr.2Na/c1-3-17(27)21-12-4-6-13(7-5-12)25-19(28)18(11(2)24-25)23-22-16-9-8-14(26(31)32)10-15(16)20(29)30;1-10-15(16(22)21(20-10)11-5-3-2-4-6-11)19-18-14-9-12(28(25,26)27)7-8-13(14)17(23)24;;;/h3-10H,1H2,2H3,(H,21,27)(H,29,30);2-9H,1H3,(H,23,24)(H,25,26,27);;;/q2*-1;;2*+1. The van der Waals surface area contributed by atoms with Gasteiger partial charge in [0.15, 0.2) is 0 Å². The first kappa shape index (κ1) is 53.2. The van der Waals surface area contributed by atoms with Crippen LogP contribution in [0.25, 0.3) is 11.4 Å². The summed E-state index contributed by atoms with van der Waals surface area (Å²) in [5, 5.41) is 55.3. The number of para-hydroxylation sites is 1. The fraction of sp³-hybridized carbons (Fsp3) is 0.0541. The van der Waals surface area contributed by atoms with Gasteiger partial charge in [-0.05, 0) is 66.7 Å². The third-order valence-corrected chi connectivity index (χ3v) is 8.82. The second-order valence-corrected chi connectivity index (χ2v) is 13.4. The number of carbonyl (C=O) groups excluding carboxylic acids is 1. The summed E-state index contributed by atoms with van der Waals surface area (Å²) in [7, 11) is -4.57. The van der Waals surface area contributed by atoms with Crippen LogP contribution in [-0.4, -0.2) is 65.5 Å². The van der Waals surface area contributed by atoms with Crippen molar-refractivity contribution in [2.45, 2.75) is 18.7 Å². The molecule has 2 heterocycles. The number of non-ortho nitro benzene ring substituents is 1. The first-order valence-corrected chi connectivity index (χ1v) is 18.2. The number of aromatic carboxylic acids is 2. The van der Waals surface area contributed by atoms with Crippen LogP contribution in [0.15, 0.2) is 139 Å². The molecule has 2 aromatic heterocycles. The van der Waals surface area contributed by atoms with Gasteiger partial charge in [-0.25, -0.2) is 29.2 Å². The molecule has 312 valence electrons. The largest absolute Gasteiger partial charge is 1.00 e. The van der Waals surface area contributed by atoms with Crippen molar-refractivity contribution in [3.8, 4) is 11.4 Å². The van der Waals surface area contributed by atoms with Crippen LogP contribution in [0.2, 0.25) is 0 Å². The van der Waals surface area contributed by atoms with Gasteiger partial charge in [-0.3, -0.25) is 19.5 Å². The molecule has 4 aromatic carbocycles. The molecule has 26 heteroatoms. The summed E-state index contributed by atoms with van der Waals surface area (Å²) >= 11 is 0. The Balaban J connectivity index is 0.000000417. The molecule has 0 spiro atoms. The maximum absolute atomic E-state index is 12.7. The number of carboxylic acids is 2. The van der Waals surface area contributed by atoms with E-state index in [4.69, 9.17) is 4.55 Å². The van der Waals surface area contributed by atoms with Crippen LogP contribution in [0.3, 0.4) is 0 Å². The summed E-state index contributed by atoms with van der Waals surface area (Å²) in [5.74, 6) is -3.19. The number of nitrogens with zero attached hydrogens (tertiary/aromatic N) is 9. The summed E-state index contributed by atoms with van der Waals surface area (Å²) in [6, 6.07) is 20.7. The number of hydrogen-bond donors (Lipinski definition) is 4. The van der Waals surface area contributed by atoms with Crippen LogP contribution in [0, 0.1) is 24.0 Å². The second-order valence-electron chi connectivity index (χ2n) is 12.0. The number of aryl methyl sites for hydroxylation is 2. The Morgan fingerprint density at radius 1 is 0.778 bits per heavy atom. The van der Waals surface area contributed by atoms with E-state index in [0.717, 1.165) is 51.8 Å². The van der Waals surface area contributed by atoms with Crippen molar-refractivity contribution < 1.29 is 119 Å². The molecule has 6 aromatic rings. The van der Waals surface area contributed by atoms with Gasteiger partial charge in [0.05, 0.1) is 43.7 Å². The maximum atomic E-state index is 12.7. The Kier molecular flexibility index (Phi) is 19.4. The van der Waals surface area contributed by atoms with E-state index < -0.39 is 54.2 Å². The van der Waals surface area contributed by atoms with Gasteiger partial charge in [-0.2, -0.15) is 18.6 Å². The molecule has 22 nitrogen and oxygen atoms in total. The van der Waals surface area contributed by atoms with Crippen molar-refractivity contribution in [3.05, 3.63) is 157 Å². The summed E-state index contributed by atoms with van der Waals surface area (Å²) in [4.78, 5) is 69.0. The number of nitro groups is 1. The second kappa shape index (κ2) is 23.0. The molecule has 0 unspecified atom stereocenters. The summed E-state index contributed by atoms with van der Waals surface area (Å²) in [6.07, 6.45) is 1.12. The van der Waals surface area contributed by atoms with E-state index in [9.17, 15) is 52.7 Å². The van der Waals surface area contributed by atoms with E-state index in [-0.39, 0.29) is 122 Å². The van der Waals surface area contributed by atoms with Crippen molar-refractivity contribution in [2.75, 3.05) is 5.32 Å². The third-order valence-electron chi connectivity index (χ3n) is 7.98. The molecule has 0 aliphatic rings. The Hall–Kier alpha value is -5.91. The SMILES string of the molecule is C=CC(=O)Nc1ccc(-n2nc(C)[c-](N=Nc3ccc([N+](=O)[O-])cc3C(=O)O)c2=O)cc1.Cc1nn(-c2ccccc2)c(=O)[c-]1N=Nc1cc(S(=O)(=O)O)ccc1C(=O)O.[Cr].[Na+].[Na+]. The predicted octanol–water partition coefficient (Wildman–Crippen LogP) is 0.0317. The number of benzene rings is 4. The van der Waals surface area contributed by atoms with Gasteiger partial charge in [0.25, 0.3) is 15.8 Å². The van der Waals surface area contributed by atoms with Crippen molar-refractivity contribution in [3.63, 3.8) is 0 Å². The molecule has 0 atom stereocenters. The molecule has 63 heavy (non-hydrogen) atoms. The molecule has 0 aliphatic heterocycles. The summed E-state index contributed by atoms with van der Waals surface area (Å²) in [5.41, 5.74) is -1.22. The third kappa shape index (κ3) is 13.1. The minimum atomic E-state index is -4.57. The van der Waals surface area contributed by atoms with Crippen molar-refractivity contribution in [1.29, 1.82) is 0 Å². The van der Waals surface area contributed by atoms with Crippen LogP contribution in [0.1, 0.15) is 32.1 Å². The maximum Gasteiger partial charge on any atom is 1.00 e. The average molecular weight is 935 g/mol. The van der Waals surface area contributed by atoms with E-state index in [0.29, 0.717) is 17.1 Å². The predicted molar refractivity (Wildman–Crippen MR) is 211 cm³/mol. The van der Waals surface area contributed by atoms with Crippen LogP contribution < -0.4 is 75.5 Å². The first-order valence-electron chi connectivity index (χ1n) is 16.7. The normalized spacial score (nSPS) is 10.7. The summed E-state index contributed by atoms with van der Waals surface area (Å²) in [6.45, 7) is 6.42. The van der Waals surface area contributed by atoms with E-state index >= 15 is 0 Å². The Bertz CT molecular complexity index is 2990. The van der Waals surface area contributed by atoms with Gasteiger partial charge >= 0.3 is 71.1 Å². The number of hydrogen-bond acceptors (Lipinski definition) is 15. The fourth-order valence-electron chi connectivity index (χ4n) is 5.06. The molecule has 0 aliphatic carbocycles. The first-order chi connectivity index (χ1) is 28.4. The zero-order chi connectivity index (χ0) is 43.9. The van der Waals surface area contributed by atoms with E-state index in [1.807, 2.05) is 0 Å². The van der Waals surface area contributed by atoms with Gasteiger partial charge in [0, 0.05) is 35.2 Å². The Labute approximate surface area is 410 Å². The number of anilines is 1. The molecular formula is C37H28CrN10Na2O12S. The van der Waals surface area contributed by atoms with Crippen LogP contribution in [0.5, 0.6) is 0 Å². The van der Waals surface area contributed by atoms with E-state index in [2.05, 4.69) is 42.6 Å². The molecular weight excluding hydrogens is 907 g/mol. The Morgan fingerprint density at radius 3 is 1.76 bits per heavy atom. The summed E-state index contributed by atoms with van der Waals surface area (Å²) < 4.78 is 33.9. The van der Waals surface area contributed by atoms with Crippen LogP contribution in [0.4, 0.5) is 34.1 Å². The molecule has 0 radical (unpaired) electrons. The van der Waals surface area contributed by atoms with Gasteiger partial charge in [0.2, 0.25) is 5.91 Å². The number of nitro benzene ring substituents is 1. The molecule has 0 saturated heterocycles. The molecule has 4 N–H and O–H groups in total. The zero-order valence-electron chi connectivity index (χ0n) is 33.3. The zero-order valence-corrected chi connectivity index (χ0v) is 39.4. The fourth-order valence-corrected chi connectivity index (χ4v) is 5.56.